The quantitative estimate of drug-likeness (QED) is 0.796. The average Bonchev–Trinajstić information content (AvgIpc) is 2.20. The minimum Gasteiger partial charge on any atom is -0.224 e. The molecule has 0 aliphatic heterocycles. The van der Waals surface area contributed by atoms with Gasteiger partial charge >= 0.3 is 0 Å². The van der Waals surface area contributed by atoms with Crippen molar-refractivity contribution in [2.45, 2.75) is 32.6 Å². The lowest BCUT2D eigenvalue weighted by Crippen LogP contribution is -2.25. The summed E-state index contributed by atoms with van der Waals surface area (Å²) in [5.41, 5.74) is 1.88. The minimum atomic E-state index is -3.20. The third-order valence-electron chi connectivity index (χ3n) is 2.78. The second-order valence-electron chi connectivity index (χ2n) is 5.30. The van der Waals surface area contributed by atoms with E-state index in [0.717, 1.165) is 11.1 Å². The first-order chi connectivity index (χ1) is 7.68. The van der Waals surface area contributed by atoms with E-state index in [1.54, 1.807) is 12.1 Å². The van der Waals surface area contributed by atoms with E-state index in [-0.39, 0.29) is 11.2 Å². The van der Waals surface area contributed by atoms with Crippen LogP contribution in [0.2, 0.25) is 0 Å². The van der Waals surface area contributed by atoms with Crippen molar-refractivity contribution in [3.05, 3.63) is 29.3 Å². The number of aryl methyl sites for hydroxylation is 2. The van der Waals surface area contributed by atoms with Crippen LogP contribution in [-0.2, 0) is 9.84 Å². The fourth-order valence-corrected chi connectivity index (χ4v) is 3.93. The molecule has 0 aromatic heterocycles. The molecule has 0 spiro atoms. The Morgan fingerprint density at radius 2 is 1.76 bits per heavy atom. The van der Waals surface area contributed by atoms with E-state index in [0.29, 0.717) is 10.2 Å². The Hall–Kier alpha value is -0.350. The van der Waals surface area contributed by atoms with Crippen LogP contribution >= 0.6 is 15.9 Å². The molecule has 0 atom stereocenters. The fourth-order valence-electron chi connectivity index (χ4n) is 1.54. The van der Waals surface area contributed by atoms with E-state index >= 15 is 0 Å². The van der Waals surface area contributed by atoms with Crippen LogP contribution in [0.25, 0.3) is 0 Å². The summed E-state index contributed by atoms with van der Waals surface area (Å²) in [5, 5.41) is 0.671. The van der Waals surface area contributed by atoms with Crippen LogP contribution < -0.4 is 0 Å². The van der Waals surface area contributed by atoms with E-state index in [1.807, 2.05) is 33.8 Å². The molecule has 0 amide bonds. The highest BCUT2D eigenvalue weighted by Gasteiger charge is 2.26. The van der Waals surface area contributed by atoms with Crippen molar-refractivity contribution >= 4 is 25.8 Å². The molecule has 0 fully saturated rings. The maximum atomic E-state index is 12.2. The smallest absolute Gasteiger partial charge is 0.178 e. The summed E-state index contributed by atoms with van der Waals surface area (Å²) in [6.45, 7) is 7.80. The zero-order valence-corrected chi connectivity index (χ0v) is 13.2. The molecule has 0 unspecified atom stereocenters. The molecule has 4 heteroatoms. The normalized spacial score (nSPS) is 12.8. The van der Waals surface area contributed by atoms with Crippen LogP contribution in [-0.4, -0.2) is 19.5 Å². The van der Waals surface area contributed by atoms with Crippen molar-refractivity contribution < 1.29 is 8.42 Å². The Bertz CT molecular complexity index is 504. The topological polar surface area (TPSA) is 34.1 Å². The molecule has 0 radical (unpaired) electrons. The molecule has 2 nitrogen and oxygen atoms in total. The van der Waals surface area contributed by atoms with E-state index in [2.05, 4.69) is 15.9 Å². The second kappa shape index (κ2) is 5.11. The Morgan fingerprint density at radius 3 is 2.24 bits per heavy atom. The molecular formula is C13H19BrO2S. The average molecular weight is 319 g/mol. The molecule has 0 saturated heterocycles. The Kier molecular flexibility index (Phi) is 4.42. The molecule has 0 bridgehead atoms. The molecule has 96 valence electrons. The van der Waals surface area contributed by atoms with Gasteiger partial charge in [-0.2, -0.15) is 0 Å². The monoisotopic (exact) mass is 318 g/mol. The Labute approximate surface area is 112 Å². The Morgan fingerprint density at radius 1 is 1.18 bits per heavy atom. The van der Waals surface area contributed by atoms with Crippen molar-refractivity contribution in [3.8, 4) is 0 Å². The predicted octanol–water partition coefficient (Wildman–Crippen LogP) is 3.50. The zero-order chi connectivity index (χ0) is 13.3. The number of benzene rings is 1. The van der Waals surface area contributed by atoms with Crippen LogP contribution in [0.15, 0.2) is 23.1 Å². The number of alkyl halides is 1. The molecule has 0 heterocycles. The first-order valence-electron chi connectivity index (χ1n) is 5.54. The van der Waals surface area contributed by atoms with Gasteiger partial charge in [0.15, 0.2) is 9.84 Å². The lowest BCUT2D eigenvalue weighted by molar-refractivity contribution is 0.474. The first-order valence-corrected chi connectivity index (χ1v) is 8.31. The first kappa shape index (κ1) is 14.7. The van der Waals surface area contributed by atoms with Gasteiger partial charge in [0.05, 0.1) is 10.6 Å². The highest BCUT2D eigenvalue weighted by molar-refractivity contribution is 9.09. The summed E-state index contributed by atoms with van der Waals surface area (Å²) >= 11 is 3.36. The third kappa shape index (κ3) is 3.81. The lowest BCUT2D eigenvalue weighted by atomic mass is 10.0. The molecule has 0 saturated carbocycles. The van der Waals surface area contributed by atoms with Crippen molar-refractivity contribution in [1.82, 2.24) is 0 Å². The van der Waals surface area contributed by atoms with Gasteiger partial charge in [-0.25, -0.2) is 8.42 Å². The summed E-state index contributed by atoms with van der Waals surface area (Å²) in [5.74, 6) is 0.160. The Balaban J connectivity index is 3.10. The highest BCUT2D eigenvalue weighted by Crippen LogP contribution is 2.25. The van der Waals surface area contributed by atoms with Gasteiger partial charge in [-0.05, 0) is 42.5 Å². The summed E-state index contributed by atoms with van der Waals surface area (Å²) in [7, 11) is -3.20. The van der Waals surface area contributed by atoms with Crippen molar-refractivity contribution in [2.75, 3.05) is 11.1 Å². The number of halogens is 1. The molecule has 0 aliphatic rings. The van der Waals surface area contributed by atoms with Crippen molar-refractivity contribution in [3.63, 3.8) is 0 Å². The SMILES string of the molecule is Cc1ccc(S(=O)(=O)CC(C)(C)CBr)cc1C. The predicted molar refractivity (Wildman–Crippen MR) is 75.5 cm³/mol. The van der Waals surface area contributed by atoms with Crippen LogP contribution in [0.5, 0.6) is 0 Å². The van der Waals surface area contributed by atoms with Gasteiger partial charge in [0.25, 0.3) is 0 Å². The maximum absolute atomic E-state index is 12.2. The molecule has 0 aliphatic carbocycles. The lowest BCUT2D eigenvalue weighted by Gasteiger charge is -2.21. The fraction of sp³-hybridized carbons (Fsp3) is 0.538. The third-order valence-corrected chi connectivity index (χ3v) is 6.43. The van der Waals surface area contributed by atoms with Crippen LogP contribution in [0.4, 0.5) is 0 Å². The van der Waals surface area contributed by atoms with E-state index < -0.39 is 9.84 Å². The molecule has 17 heavy (non-hydrogen) atoms. The summed E-state index contributed by atoms with van der Waals surface area (Å²) in [4.78, 5) is 0.426. The second-order valence-corrected chi connectivity index (χ2v) is 7.85. The van der Waals surface area contributed by atoms with E-state index in [1.165, 1.54) is 0 Å². The molecule has 1 rings (SSSR count). The standard InChI is InChI=1S/C13H19BrO2S/c1-10-5-6-12(7-11(10)2)17(15,16)9-13(3,4)8-14/h5-7H,8-9H2,1-4H3. The van der Waals surface area contributed by atoms with Crippen molar-refractivity contribution in [2.24, 2.45) is 5.41 Å². The number of hydrogen-bond acceptors (Lipinski definition) is 2. The summed E-state index contributed by atoms with van der Waals surface area (Å²) < 4.78 is 24.5. The molecule has 1 aromatic carbocycles. The minimum absolute atomic E-state index is 0.160. The van der Waals surface area contributed by atoms with Gasteiger partial charge in [-0.1, -0.05) is 35.8 Å². The van der Waals surface area contributed by atoms with Gasteiger partial charge in [0.1, 0.15) is 0 Å². The van der Waals surface area contributed by atoms with Crippen molar-refractivity contribution in [1.29, 1.82) is 0 Å². The van der Waals surface area contributed by atoms with Gasteiger partial charge in [-0.3, -0.25) is 0 Å². The molecular weight excluding hydrogens is 300 g/mol. The van der Waals surface area contributed by atoms with Crippen LogP contribution in [0, 0.1) is 19.3 Å². The maximum Gasteiger partial charge on any atom is 0.178 e. The number of hydrogen-bond donors (Lipinski definition) is 0. The molecule has 1 aromatic rings. The van der Waals surface area contributed by atoms with Crippen LogP contribution in [0.1, 0.15) is 25.0 Å². The number of rotatable bonds is 4. The van der Waals surface area contributed by atoms with Gasteiger partial charge < -0.3 is 0 Å². The summed E-state index contributed by atoms with van der Waals surface area (Å²) in [6.07, 6.45) is 0. The van der Waals surface area contributed by atoms with Gasteiger partial charge in [0.2, 0.25) is 0 Å². The van der Waals surface area contributed by atoms with Gasteiger partial charge in [-0.15, -0.1) is 0 Å². The van der Waals surface area contributed by atoms with Gasteiger partial charge in [0, 0.05) is 5.33 Å². The van der Waals surface area contributed by atoms with E-state index in [9.17, 15) is 8.42 Å². The summed E-state index contributed by atoms with van der Waals surface area (Å²) in [6, 6.07) is 5.32. The highest BCUT2D eigenvalue weighted by atomic mass is 79.9. The number of sulfone groups is 1. The largest absolute Gasteiger partial charge is 0.224 e. The molecule has 0 N–H and O–H groups in total. The zero-order valence-electron chi connectivity index (χ0n) is 10.7. The van der Waals surface area contributed by atoms with Crippen LogP contribution in [0.3, 0.4) is 0 Å². The van der Waals surface area contributed by atoms with E-state index in [4.69, 9.17) is 0 Å².